The van der Waals surface area contributed by atoms with E-state index in [1.54, 1.807) is 24.6 Å². The lowest BCUT2D eigenvalue weighted by atomic mass is 10.1. The molecule has 1 fully saturated rings. The number of anilines is 2. The fraction of sp³-hybridized carbons (Fsp3) is 0.391. The summed E-state index contributed by atoms with van der Waals surface area (Å²) in [6, 6.07) is 7.44. The molecule has 12 heteroatoms. The first-order valence-electron chi connectivity index (χ1n) is 10.7. The van der Waals surface area contributed by atoms with E-state index in [1.165, 1.54) is 24.5 Å². The summed E-state index contributed by atoms with van der Waals surface area (Å²) in [4.78, 5) is 8.64. The van der Waals surface area contributed by atoms with Crippen LogP contribution in [0.25, 0.3) is 10.9 Å². The van der Waals surface area contributed by atoms with Crippen molar-refractivity contribution in [3.05, 3.63) is 48.0 Å². The third kappa shape index (κ3) is 6.38. The Morgan fingerprint density at radius 1 is 1.20 bits per heavy atom. The Morgan fingerprint density at radius 2 is 1.97 bits per heavy atom. The Kier molecular flexibility index (Phi) is 7.43. The average Bonchev–Trinajstić information content (AvgIpc) is 3.19. The van der Waals surface area contributed by atoms with Crippen LogP contribution in [-0.4, -0.2) is 65.1 Å². The third-order valence-electron chi connectivity index (χ3n) is 5.14. The molecule has 1 aliphatic heterocycles. The van der Waals surface area contributed by atoms with Crippen molar-refractivity contribution < 1.29 is 31.6 Å². The van der Waals surface area contributed by atoms with E-state index < -0.39 is 40.8 Å². The van der Waals surface area contributed by atoms with Crippen LogP contribution < -0.4 is 10.1 Å². The van der Waals surface area contributed by atoms with Gasteiger partial charge in [-0.25, -0.2) is 27.3 Å². The molecule has 0 spiro atoms. The summed E-state index contributed by atoms with van der Waals surface area (Å²) in [5, 5.41) is 3.86. The van der Waals surface area contributed by atoms with Gasteiger partial charge in [0.25, 0.3) is 6.43 Å². The van der Waals surface area contributed by atoms with E-state index >= 15 is 0 Å². The quantitative estimate of drug-likeness (QED) is 0.473. The minimum absolute atomic E-state index is 0.0977. The number of rotatable bonds is 8. The predicted octanol–water partition coefficient (Wildman–Crippen LogP) is 4.61. The highest BCUT2D eigenvalue weighted by molar-refractivity contribution is 7.92. The van der Waals surface area contributed by atoms with Crippen molar-refractivity contribution in [1.82, 2.24) is 9.97 Å². The van der Waals surface area contributed by atoms with Gasteiger partial charge in [-0.15, -0.1) is 0 Å². The maximum absolute atomic E-state index is 14.1. The minimum atomic E-state index is -2.62. The fourth-order valence-electron chi connectivity index (χ4n) is 3.74. The molecule has 188 valence electrons. The predicted molar refractivity (Wildman–Crippen MR) is 127 cm³/mol. The Labute approximate surface area is 201 Å². The molecule has 4 rings (SSSR count). The molecule has 0 amide bonds. The summed E-state index contributed by atoms with van der Waals surface area (Å²) >= 11 is 0. The van der Waals surface area contributed by atoms with E-state index in [4.69, 9.17) is 14.2 Å². The molecule has 1 saturated heterocycles. The highest BCUT2D eigenvalue weighted by atomic mass is 32.2. The second-order valence-corrected chi connectivity index (χ2v) is 10.9. The number of alkyl halides is 2. The van der Waals surface area contributed by atoms with Gasteiger partial charge in [-0.1, -0.05) is 0 Å². The molecule has 3 aromatic rings. The number of fused-ring (bicyclic) bond motifs is 1. The Morgan fingerprint density at radius 3 is 2.71 bits per heavy atom. The summed E-state index contributed by atoms with van der Waals surface area (Å²) in [5.41, 5.74) is 2.32. The number of benzene rings is 2. The minimum Gasteiger partial charge on any atom is -0.483 e. The first-order chi connectivity index (χ1) is 16.6. The molecular weight excluding hydrogens is 485 g/mol. The Bertz CT molecular complexity index is 1340. The van der Waals surface area contributed by atoms with Crippen molar-refractivity contribution in [2.24, 2.45) is 4.36 Å². The normalized spacial score (nSPS) is 18.3. The average molecular weight is 511 g/mol. The van der Waals surface area contributed by atoms with Gasteiger partial charge in [0.05, 0.1) is 30.1 Å². The lowest BCUT2D eigenvalue weighted by Crippen LogP contribution is -2.34. The zero-order chi connectivity index (χ0) is 25.2. The van der Waals surface area contributed by atoms with E-state index in [-0.39, 0.29) is 19.0 Å². The maximum Gasteiger partial charge on any atom is 0.261 e. The molecule has 2 atom stereocenters. The molecule has 2 unspecified atom stereocenters. The van der Waals surface area contributed by atoms with E-state index in [2.05, 4.69) is 19.6 Å². The number of hydrogen-bond donors (Lipinski definition) is 1. The van der Waals surface area contributed by atoms with E-state index in [0.717, 1.165) is 5.56 Å². The number of aryl methyl sites for hydroxylation is 1. The van der Waals surface area contributed by atoms with E-state index in [1.807, 2.05) is 6.92 Å². The van der Waals surface area contributed by atoms with Crippen molar-refractivity contribution in [1.29, 1.82) is 0 Å². The molecule has 0 radical (unpaired) electrons. The number of aromatic nitrogens is 2. The molecule has 2 aromatic carbocycles. The summed E-state index contributed by atoms with van der Waals surface area (Å²) < 4.78 is 72.0. The third-order valence-corrected chi connectivity index (χ3v) is 5.79. The zero-order valence-electron chi connectivity index (χ0n) is 19.3. The van der Waals surface area contributed by atoms with Crippen LogP contribution in [0.15, 0.2) is 41.0 Å². The van der Waals surface area contributed by atoms with Crippen LogP contribution in [0.5, 0.6) is 5.75 Å². The van der Waals surface area contributed by atoms with Crippen LogP contribution in [-0.2, 0) is 19.2 Å². The van der Waals surface area contributed by atoms with Gasteiger partial charge in [0.15, 0.2) is 6.10 Å². The molecule has 0 bridgehead atoms. The highest BCUT2D eigenvalue weighted by Gasteiger charge is 2.32. The van der Waals surface area contributed by atoms with Crippen LogP contribution in [0.3, 0.4) is 0 Å². The van der Waals surface area contributed by atoms with Crippen molar-refractivity contribution >= 4 is 37.8 Å². The van der Waals surface area contributed by atoms with Crippen molar-refractivity contribution in [2.75, 3.05) is 37.6 Å². The fourth-order valence-corrected chi connectivity index (χ4v) is 4.35. The number of halogens is 3. The summed E-state index contributed by atoms with van der Waals surface area (Å²) in [6.07, 6.45) is 0.444. The Hall–Kier alpha value is -2.96. The lowest BCUT2D eigenvalue weighted by molar-refractivity contribution is -0.0509. The van der Waals surface area contributed by atoms with Crippen LogP contribution in [0, 0.1) is 12.7 Å². The monoisotopic (exact) mass is 510 g/mol. The van der Waals surface area contributed by atoms with Gasteiger partial charge in [-0.3, -0.25) is 0 Å². The van der Waals surface area contributed by atoms with Crippen LogP contribution in [0.4, 0.5) is 30.4 Å². The number of hydrogen-bond acceptors (Lipinski definition) is 8. The van der Waals surface area contributed by atoms with Gasteiger partial charge >= 0.3 is 0 Å². The zero-order valence-corrected chi connectivity index (χ0v) is 20.2. The molecule has 1 N–H and O–H groups in total. The van der Waals surface area contributed by atoms with Gasteiger partial charge in [0.2, 0.25) is 0 Å². The molecule has 1 aliphatic rings. The molecule has 1 aromatic heterocycles. The van der Waals surface area contributed by atoms with E-state index in [9.17, 15) is 17.4 Å². The number of ether oxygens (including phenoxy) is 3. The SMILES string of the molecule is Cc1cc(N=S(C)(C)=O)cc2ncnc(Nc3ccc(F)cc3OC3COCC3OCC(F)F)c12. The van der Waals surface area contributed by atoms with Gasteiger partial charge in [-0.05, 0) is 36.8 Å². The largest absolute Gasteiger partial charge is 0.483 e. The first kappa shape index (κ1) is 25.1. The van der Waals surface area contributed by atoms with Gasteiger partial charge in [0.1, 0.15) is 36.4 Å². The summed E-state index contributed by atoms with van der Waals surface area (Å²) in [6.45, 7) is 1.32. The van der Waals surface area contributed by atoms with Crippen molar-refractivity contribution in [2.45, 2.75) is 25.6 Å². The summed E-state index contributed by atoms with van der Waals surface area (Å²) in [7, 11) is -2.35. The first-order valence-corrected chi connectivity index (χ1v) is 13.1. The number of nitrogens with zero attached hydrogens (tertiary/aromatic N) is 3. The number of nitrogens with one attached hydrogen (secondary N) is 1. The molecule has 8 nitrogen and oxygen atoms in total. The van der Waals surface area contributed by atoms with Crippen LogP contribution in [0.2, 0.25) is 0 Å². The van der Waals surface area contributed by atoms with Gasteiger partial charge < -0.3 is 19.5 Å². The maximum atomic E-state index is 14.1. The topological polar surface area (TPSA) is 94.9 Å². The second kappa shape index (κ2) is 10.3. The van der Waals surface area contributed by atoms with Crippen molar-refractivity contribution in [3.8, 4) is 5.75 Å². The van der Waals surface area contributed by atoms with Gasteiger partial charge in [-0.2, -0.15) is 4.36 Å². The summed E-state index contributed by atoms with van der Waals surface area (Å²) in [5.74, 6) is 0.0588. The Balaban J connectivity index is 1.65. The molecular formula is C23H25F3N4O4S. The van der Waals surface area contributed by atoms with Crippen LogP contribution >= 0.6 is 0 Å². The van der Waals surface area contributed by atoms with Crippen molar-refractivity contribution in [3.63, 3.8) is 0 Å². The lowest BCUT2D eigenvalue weighted by Gasteiger charge is -2.22. The smallest absolute Gasteiger partial charge is 0.261 e. The van der Waals surface area contributed by atoms with Gasteiger partial charge in [0, 0.05) is 33.7 Å². The van der Waals surface area contributed by atoms with E-state index in [0.29, 0.717) is 28.1 Å². The van der Waals surface area contributed by atoms with Crippen LogP contribution in [0.1, 0.15) is 5.56 Å². The highest BCUT2D eigenvalue weighted by Crippen LogP contribution is 2.34. The second-order valence-electron chi connectivity index (χ2n) is 8.37. The molecule has 0 aliphatic carbocycles. The molecule has 0 saturated carbocycles. The standard InChI is InChI=1S/C23H25F3N4O4S/c1-13-6-15(30-35(2,3)31)8-17-22(13)23(28-12-27-17)29-16-5-4-14(24)7-18(16)34-20-10-32-9-19(20)33-11-21(25)26/h4-8,12,19-21H,9-11H2,1-3H3,(H,27,28,29). The molecule has 2 heterocycles. The molecule has 35 heavy (non-hydrogen) atoms.